The van der Waals surface area contributed by atoms with Crippen LogP contribution in [0.5, 0.6) is 17.2 Å². The maximum atomic E-state index is 12.4. The molecule has 0 fully saturated rings. The average molecular weight is 463 g/mol. The Bertz CT molecular complexity index is 1070. The van der Waals surface area contributed by atoms with Crippen LogP contribution in [-0.4, -0.2) is 40.6 Å². The molecule has 3 aromatic rings. The molecule has 0 bridgehead atoms. The van der Waals surface area contributed by atoms with E-state index in [1.807, 2.05) is 26.1 Å². The Labute approximate surface area is 189 Å². The summed E-state index contributed by atoms with van der Waals surface area (Å²) >= 11 is 7.25. The van der Waals surface area contributed by atoms with E-state index in [2.05, 4.69) is 15.5 Å². The highest BCUT2D eigenvalue weighted by atomic mass is 35.5. The van der Waals surface area contributed by atoms with Crippen LogP contribution in [-0.2, 0) is 18.4 Å². The van der Waals surface area contributed by atoms with Gasteiger partial charge < -0.3 is 24.1 Å². The van der Waals surface area contributed by atoms with E-state index in [9.17, 15) is 4.79 Å². The zero-order chi connectivity index (χ0) is 22.4. The van der Waals surface area contributed by atoms with E-state index in [0.29, 0.717) is 33.2 Å². The Morgan fingerprint density at radius 3 is 2.61 bits per heavy atom. The zero-order valence-electron chi connectivity index (χ0n) is 17.6. The van der Waals surface area contributed by atoms with E-state index in [-0.39, 0.29) is 18.3 Å². The van der Waals surface area contributed by atoms with Gasteiger partial charge in [-0.3, -0.25) is 4.79 Å². The molecule has 0 saturated heterocycles. The maximum Gasteiger partial charge on any atom is 0.234 e. The number of methoxy groups -OCH3 is 2. The number of ether oxygens (including phenoxy) is 3. The van der Waals surface area contributed by atoms with E-state index >= 15 is 0 Å². The summed E-state index contributed by atoms with van der Waals surface area (Å²) in [6.45, 7) is 2.18. The highest BCUT2D eigenvalue weighted by Gasteiger charge is 2.14. The van der Waals surface area contributed by atoms with Crippen molar-refractivity contribution in [1.82, 2.24) is 14.8 Å². The Hall–Kier alpha value is -2.91. The fraction of sp³-hybridized carbons (Fsp3) is 0.286. The number of carbonyl (C=O) groups excluding carboxylic acids is 1. The van der Waals surface area contributed by atoms with Crippen molar-refractivity contribution in [3.63, 3.8) is 0 Å². The minimum Gasteiger partial charge on any atom is -0.497 e. The molecule has 8 nitrogen and oxygen atoms in total. The van der Waals surface area contributed by atoms with Crippen LogP contribution >= 0.6 is 23.4 Å². The highest BCUT2D eigenvalue weighted by Crippen LogP contribution is 2.29. The molecule has 1 N–H and O–H groups in total. The second kappa shape index (κ2) is 10.4. The van der Waals surface area contributed by atoms with Gasteiger partial charge in [-0.25, -0.2) is 0 Å². The number of benzene rings is 2. The third-order valence-corrected chi connectivity index (χ3v) is 5.69. The summed E-state index contributed by atoms with van der Waals surface area (Å²) in [7, 11) is 4.94. The Morgan fingerprint density at radius 2 is 1.90 bits per heavy atom. The molecule has 0 atom stereocenters. The Morgan fingerprint density at radius 1 is 1.13 bits per heavy atom. The molecule has 1 aromatic heterocycles. The summed E-state index contributed by atoms with van der Waals surface area (Å²) in [5, 5.41) is 12.4. The third kappa shape index (κ3) is 5.83. The number of aromatic nitrogens is 3. The van der Waals surface area contributed by atoms with Crippen LogP contribution in [0.1, 0.15) is 11.4 Å². The van der Waals surface area contributed by atoms with Crippen LogP contribution in [0.4, 0.5) is 5.69 Å². The van der Waals surface area contributed by atoms with Crippen molar-refractivity contribution in [2.24, 2.45) is 7.05 Å². The zero-order valence-corrected chi connectivity index (χ0v) is 19.2. The summed E-state index contributed by atoms with van der Waals surface area (Å²) in [4.78, 5) is 12.4. The van der Waals surface area contributed by atoms with Gasteiger partial charge >= 0.3 is 0 Å². The van der Waals surface area contributed by atoms with Crippen LogP contribution in [0.15, 0.2) is 41.6 Å². The smallest absolute Gasteiger partial charge is 0.234 e. The first-order valence-electron chi connectivity index (χ1n) is 9.33. The number of nitrogens with one attached hydrogen (secondary N) is 1. The van der Waals surface area contributed by atoms with Crippen molar-refractivity contribution in [2.45, 2.75) is 18.7 Å². The predicted molar refractivity (Wildman–Crippen MR) is 120 cm³/mol. The highest BCUT2D eigenvalue weighted by molar-refractivity contribution is 7.99. The van der Waals surface area contributed by atoms with Crippen molar-refractivity contribution in [1.29, 1.82) is 0 Å². The van der Waals surface area contributed by atoms with Gasteiger partial charge in [0.15, 0.2) is 11.0 Å². The Kier molecular flexibility index (Phi) is 7.64. The molecule has 0 aliphatic rings. The second-order valence-corrected chi connectivity index (χ2v) is 7.94. The molecule has 164 valence electrons. The van der Waals surface area contributed by atoms with Crippen molar-refractivity contribution in [3.8, 4) is 17.2 Å². The van der Waals surface area contributed by atoms with Crippen molar-refractivity contribution < 1.29 is 19.0 Å². The average Bonchev–Trinajstić information content (AvgIpc) is 3.11. The van der Waals surface area contributed by atoms with Crippen LogP contribution in [0, 0.1) is 6.92 Å². The number of rotatable bonds is 9. The molecular weight excluding hydrogens is 440 g/mol. The maximum absolute atomic E-state index is 12.4. The number of nitrogens with zero attached hydrogens (tertiary/aromatic N) is 3. The molecule has 0 aliphatic heterocycles. The van der Waals surface area contributed by atoms with E-state index in [4.69, 9.17) is 25.8 Å². The van der Waals surface area contributed by atoms with Gasteiger partial charge in [0, 0.05) is 18.1 Å². The quantitative estimate of drug-likeness (QED) is 0.479. The standard InChI is InChI=1S/C21H23ClN4O4S/c1-13-9-14(22)5-7-17(13)30-11-19-24-25-21(26(19)2)31-12-20(27)23-16-10-15(28-3)6-8-18(16)29-4/h5-10H,11-12H2,1-4H3,(H,23,27). The van der Waals surface area contributed by atoms with Crippen LogP contribution in [0.3, 0.4) is 0 Å². The number of amides is 1. The van der Waals surface area contributed by atoms with Crippen LogP contribution in [0.25, 0.3) is 0 Å². The summed E-state index contributed by atoms with van der Waals surface area (Å²) in [5.41, 5.74) is 1.48. The largest absolute Gasteiger partial charge is 0.497 e. The number of aryl methyl sites for hydroxylation is 1. The van der Waals surface area contributed by atoms with Gasteiger partial charge in [-0.1, -0.05) is 23.4 Å². The first-order valence-corrected chi connectivity index (χ1v) is 10.7. The molecule has 0 unspecified atom stereocenters. The van der Waals surface area contributed by atoms with Gasteiger partial charge in [0.25, 0.3) is 0 Å². The molecule has 3 rings (SSSR count). The second-order valence-electron chi connectivity index (χ2n) is 6.56. The van der Waals surface area contributed by atoms with Gasteiger partial charge in [-0.2, -0.15) is 0 Å². The number of hydrogen-bond donors (Lipinski definition) is 1. The van der Waals surface area contributed by atoms with Crippen molar-refractivity contribution in [3.05, 3.63) is 52.8 Å². The molecule has 31 heavy (non-hydrogen) atoms. The minimum atomic E-state index is -0.200. The number of carbonyl (C=O) groups is 1. The SMILES string of the molecule is COc1ccc(OC)c(NC(=O)CSc2nnc(COc3ccc(Cl)cc3C)n2C)c1. The van der Waals surface area contributed by atoms with E-state index in [1.165, 1.54) is 11.8 Å². The first kappa shape index (κ1) is 22.8. The number of thioether (sulfide) groups is 1. The number of hydrogen-bond acceptors (Lipinski definition) is 7. The summed E-state index contributed by atoms with van der Waals surface area (Å²) in [6.07, 6.45) is 0. The molecule has 0 aliphatic carbocycles. The molecule has 1 heterocycles. The Balaban J connectivity index is 1.58. The molecule has 10 heteroatoms. The van der Waals surface area contributed by atoms with Crippen molar-refractivity contribution in [2.75, 3.05) is 25.3 Å². The van der Waals surface area contributed by atoms with Gasteiger partial charge in [0.2, 0.25) is 5.91 Å². The molecular formula is C21H23ClN4O4S. The van der Waals surface area contributed by atoms with E-state index < -0.39 is 0 Å². The normalized spacial score (nSPS) is 10.6. The molecule has 2 aromatic carbocycles. The van der Waals surface area contributed by atoms with Gasteiger partial charge in [0.1, 0.15) is 23.9 Å². The fourth-order valence-corrected chi connectivity index (χ4v) is 3.70. The predicted octanol–water partition coefficient (Wildman–Crippen LogP) is 4.10. The minimum absolute atomic E-state index is 0.156. The van der Waals surface area contributed by atoms with Crippen LogP contribution in [0.2, 0.25) is 5.02 Å². The monoisotopic (exact) mass is 462 g/mol. The summed E-state index contributed by atoms with van der Waals surface area (Å²) < 4.78 is 18.1. The van der Waals surface area contributed by atoms with Gasteiger partial charge in [-0.05, 0) is 42.8 Å². The number of anilines is 1. The number of halogens is 1. The topological polar surface area (TPSA) is 87.5 Å². The lowest BCUT2D eigenvalue weighted by molar-refractivity contribution is -0.113. The fourth-order valence-electron chi connectivity index (χ4n) is 2.74. The molecule has 0 radical (unpaired) electrons. The molecule has 0 saturated carbocycles. The van der Waals surface area contributed by atoms with Gasteiger partial charge in [0.05, 0.1) is 25.7 Å². The first-order chi connectivity index (χ1) is 14.9. The summed E-state index contributed by atoms with van der Waals surface area (Å²) in [6, 6.07) is 10.6. The molecule has 0 spiro atoms. The lowest BCUT2D eigenvalue weighted by Crippen LogP contribution is -2.15. The molecule has 1 amide bonds. The van der Waals surface area contributed by atoms with Crippen molar-refractivity contribution >= 4 is 35.0 Å². The van der Waals surface area contributed by atoms with Crippen LogP contribution < -0.4 is 19.5 Å². The van der Waals surface area contributed by atoms with Gasteiger partial charge in [-0.15, -0.1) is 10.2 Å². The summed E-state index contributed by atoms with van der Waals surface area (Å²) in [5.74, 6) is 2.50. The lowest BCUT2D eigenvalue weighted by atomic mass is 10.2. The van der Waals surface area contributed by atoms with E-state index in [0.717, 1.165) is 11.3 Å². The van der Waals surface area contributed by atoms with E-state index in [1.54, 1.807) is 43.1 Å². The third-order valence-electron chi connectivity index (χ3n) is 4.43. The lowest BCUT2D eigenvalue weighted by Gasteiger charge is -2.11.